The van der Waals surface area contributed by atoms with Gasteiger partial charge >= 0.3 is 0 Å². The largest absolute Gasteiger partial charge is 0.496 e. The van der Waals surface area contributed by atoms with E-state index in [1.807, 2.05) is 24.3 Å². The normalized spacial score (nSPS) is 15.1. The maximum Gasteiger partial charge on any atom is 0.191 e. The molecule has 2 heterocycles. The third-order valence-electron chi connectivity index (χ3n) is 5.30. The molecule has 170 valence electrons. The van der Waals surface area contributed by atoms with Gasteiger partial charge in [0, 0.05) is 44.7 Å². The van der Waals surface area contributed by atoms with Crippen LogP contribution in [0.1, 0.15) is 24.7 Å². The summed E-state index contributed by atoms with van der Waals surface area (Å²) in [5, 5.41) is 15.1. The fourth-order valence-corrected chi connectivity index (χ4v) is 3.54. The lowest BCUT2D eigenvalue weighted by molar-refractivity contribution is 0.0376. The van der Waals surface area contributed by atoms with E-state index in [4.69, 9.17) is 14.5 Å². The summed E-state index contributed by atoms with van der Waals surface area (Å²) >= 11 is 0. The van der Waals surface area contributed by atoms with Gasteiger partial charge in [-0.2, -0.15) is 0 Å². The highest BCUT2D eigenvalue weighted by atomic mass is 16.5. The van der Waals surface area contributed by atoms with Crippen LogP contribution >= 0.6 is 0 Å². The zero-order chi connectivity index (χ0) is 21.7. The number of hydrogen-bond donors (Lipinski definition) is 2. The number of hydrogen-bond acceptors (Lipinski definition) is 6. The van der Waals surface area contributed by atoms with E-state index in [9.17, 15) is 0 Å². The zero-order valence-corrected chi connectivity index (χ0v) is 18.7. The third-order valence-corrected chi connectivity index (χ3v) is 5.30. The Balaban J connectivity index is 1.53. The van der Waals surface area contributed by atoms with Crippen LogP contribution < -0.4 is 15.4 Å². The predicted molar refractivity (Wildman–Crippen MR) is 121 cm³/mol. The van der Waals surface area contributed by atoms with Crippen molar-refractivity contribution in [3.05, 3.63) is 42.0 Å². The van der Waals surface area contributed by atoms with Gasteiger partial charge in [-0.1, -0.05) is 25.1 Å². The molecule has 31 heavy (non-hydrogen) atoms. The van der Waals surface area contributed by atoms with Gasteiger partial charge in [-0.3, -0.25) is 4.90 Å². The summed E-state index contributed by atoms with van der Waals surface area (Å²) in [6, 6.07) is 7.99. The van der Waals surface area contributed by atoms with E-state index in [0.29, 0.717) is 6.54 Å². The molecule has 1 aromatic heterocycles. The van der Waals surface area contributed by atoms with Crippen molar-refractivity contribution in [2.75, 3.05) is 53.0 Å². The van der Waals surface area contributed by atoms with Crippen molar-refractivity contribution in [2.24, 2.45) is 4.99 Å². The average molecular weight is 430 g/mol. The number of morpholine rings is 1. The van der Waals surface area contributed by atoms with Crippen LogP contribution in [0.2, 0.25) is 0 Å². The van der Waals surface area contributed by atoms with E-state index in [-0.39, 0.29) is 0 Å². The SMILES string of the molecule is CCc1nncn1CCNC(=NCc1ccccc1OC)NCCCN1CCOCC1. The number of rotatable bonds is 11. The fourth-order valence-electron chi connectivity index (χ4n) is 3.54. The first-order valence-corrected chi connectivity index (χ1v) is 11.1. The van der Waals surface area contributed by atoms with Gasteiger partial charge in [0.05, 0.1) is 26.9 Å². The standard InChI is InChI=1S/C22H35N7O2/c1-3-21-27-26-18-29(21)12-10-24-22(23-9-6-11-28-13-15-31-16-14-28)25-17-19-7-4-5-8-20(19)30-2/h4-5,7-8,18H,3,6,9-17H2,1-2H3,(H2,23,24,25). The quantitative estimate of drug-likeness (QED) is 0.316. The third kappa shape index (κ3) is 7.52. The molecule has 2 aromatic rings. The van der Waals surface area contributed by atoms with Crippen LogP contribution in [0.5, 0.6) is 5.75 Å². The smallest absolute Gasteiger partial charge is 0.191 e. The lowest BCUT2D eigenvalue weighted by Crippen LogP contribution is -2.41. The van der Waals surface area contributed by atoms with Gasteiger partial charge in [0.2, 0.25) is 0 Å². The number of para-hydroxylation sites is 1. The molecule has 0 aliphatic carbocycles. The molecule has 2 N–H and O–H groups in total. The molecule has 0 amide bonds. The Morgan fingerprint density at radius 3 is 2.77 bits per heavy atom. The fraction of sp³-hybridized carbons (Fsp3) is 0.591. The van der Waals surface area contributed by atoms with Crippen LogP contribution in [0.4, 0.5) is 0 Å². The molecule has 0 atom stereocenters. The molecule has 1 aliphatic heterocycles. The second kappa shape index (κ2) is 12.9. The topological polar surface area (TPSA) is 88.8 Å². The minimum absolute atomic E-state index is 0.551. The second-order valence-electron chi connectivity index (χ2n) is 7.43. The van der Waals surface area contributed by atoms with Crippen molar-refractivity contribution >= 4 is 5.96 Å². The number of benzene rings is 1. The number of methoxy groups -OCH3 is 1. The summed E-state index contributed by atoms with van der Waals surface area (Å²) in [6.45, 7) is 9.81. The molecule has 9 heteroatoms. The van der Waals surface area contributed by atoms with Crippen LogP contribution in [0, 0.1) is 0 Å². The first-order chi connectivity index (χ1) is 15.3. The van der Waals surface area contributed by atoms with E-state index in [0.717, 1.165) is 88.4 Å². The molecule has 1 fully saturated rings. The summed E-state index contributed by atoms with van der Waals surface area (Å²) < 4.78 is 12.9. The van der Waals surface area contributed by atoms with Gasteiger partial charge < -0.3 is 24.7 Å². The van der Waals surface area contributed by atoms with Crippen molar-refractivity contribution in [1.29, 1.82) is 0 Å². The summed E-state index contributed by atoms with van der Waals surface area (Å²) in [4.78, 5) is 7.24. The van der Waals surface area contributed by atoms with Gasteiger partial charge in [-0.25, -0.2) is 4.99 Å². The number of guanidine groups is 1. The second-order valence-corrected chi connectivity index (χ2v) is 7.43. The monoisotopic (exact) mass is 429 g/mol. The first-order valence-electron chi connectivity index (χ1n) is 11.1. The van der Waals surface area contributed by atoms with Crippen molar-refractivity contribution in [2.45, 2.75) is 32.9 Å². The highest BCUT2D eigenvalue weighted by Gasteiger charge is 2.10. The molecular weight excluding hydrogens is 394 g/mol. The molecule has 9 nitrogen and oxygen atoms in total. The molecule has 1 saturated heterocycles. The molecular formula is C22H35N7O2. The van der Waals surface area contributed by atoms with Crippen LogP contribution in [0.3, 0.4) is 0 Å². The minimum atomic E-state index is 0.551. The first kappa shape index (κ1) is 23.0. The van der Waals surface area contributed by atoms with Gasteiger partial charge in [-0.05, 0) is 19.0 Å². The predicted octanol–water partition coefficient (Wildman–Crippen LogP) is 1.31. The van der Waals surface area contributed by atoms with E-state index >= 15 is 0 Å². The van der Waals surface area contributed by atoms with Crippen LogP contribution in [-0.4, -0.2) is 78.7 Å². The highest BCUT2D eigenvalue weighted by Crippen LogP contribution is 2.17. The van der Waals surface area contributed by atoms with Crippen molar-refractivity contribution in [3.63, 3.8) is 0 Å². The van der Waals surface area contributed by atoms with Crippen LogP contribution in [0.15, 0.2) is 35.6 Å². The van der Waals surface area contributed by atoms with E-state index in [1.54, 1.807) is 13.4 Å². The Labute approximate surface area is 184 Å². The van der Waals surface area contributed by atoms with Gasteiger partial charge in [-0.15, -0.1) is 10.2 Å². The van der Waals surface area contributed by atoms with Gasteiger partial charge in [0.15, 0.2) is 5.96 Å². The maximum atomic E-state index is 5.46. The molecule has 0 saturated carbocycles. The summed E-state index contributed by atoms with van der Waals surface area (Å²) in [6.07, 6.45) is 3.71. The highest BCUT2D eigenvalue weighted by molar-refractivity contribution is 5.79. The van der Waals surface area contributed by atoms with E-state index in [2.05, 4.69) is 37.2 Å². The average Bonchev–Trinajstić information content (AvgIpc) is 3.28. The molecule has 0 bridgehead atoms. The molecule has 0 spiro atoms. The lowest BCUT2D eigenvalue weighted by atomic mass is 10.2. The Morgan fingerprint density at radius 2 is 1.97 bits per heavy atom. The molecule has 1 aliphatic rings. The Kier molecular flexibility index (Phi) is 9.59. The van der Waals surface area contributed by atoms with Gasteiger partial charge in [0.25, 0.3) is 0 Å². The molecule has 0 radical (unpaired) electrons. The van der Waals surface area contributed by atoms with Crippen molar-refractivity contribution in [3.8, 4) is 5.75 Å². The number of aryl methyl sites for hydroxylation is 1. The Bertz CT molecular complexity index is 803. The zero-order valence-electron chi connectivity index (χ0n) is 18.7. The number of nitrogens with one attached hydrogen (secondary N) is 2. The van der Waals surface area contributed by atoms with E-state index < -0.39 is 0 Å². The Hall–Kier alpha value is -2.65. The summed E-state index contributed by atoms with van der Waals surface area (Å²) in [5.74, 6) is 2.65. The number of ether oxygens (including phenoxy) is 2. The number of aromatic nitrogens is 3. The molecule has 3 rings (SSSR count). The van der Waals surface area contributed by atoms with Crippen LogP contribution in [0.25, 0.3) is 0 Å². The van der Waals surface area contributed by atoms with Crippen molar-refractivity contribution < 1.29 is 9.47 Å². The Morgan fingerprint density at radius 1 is 1.16 bits per heavy atom. The maximum absolute atomic E-state index is 5.46. The summed E-state index contributed by atoms with van der Waals surface area (Å²) in [5.41, 5.74) is 1.06. The number of aliphatic imine (C=N–C) groups is 1. The number of nitrogens with zero attached hydrogens (tertiary/aromatic N) is 5. The van der Waals surface area contributed by atoms with Crippen LogP contribution in [-0.2, 0) is 24.2 Å². The summed E-state index contributed by atoms with van der Waals surface area (Å²) in [7, 11) is 1.69. The van der Waals surface area contributed by atoms with Gasteiger partial charge in [0.1, 0.15) is 17.9 Å². The molecule has 0 unspecified atom stereocenters. The van der Waals surface area contributed by atoms with Crippen molar-refractivity contribution in [1.82, 2.24) is 30.3 Å². The molecule has 1 aromatic carbocycles. The van der Waals surface area contributed by atoms with E-state index in [1.165, 1.54) is 0 Å². The lowest BCUT2D eigenvalue weighted by Gasteiger charge is -2.26. The minimum Gasteiger partial charge on any atom is -0.496 e.